The molecule has 14 heavy (non-hydrogen) atoms. The van der Waals surface area contributed by atoms with Crippen molar-refractivity contribution < 1.29 is 17.9 Å². The standard InChI is InChI=1S/C9H8F3NO/c10-9(11,12)8-2-1-6(4-13-8)3-7-5-14-7/h1-2,4,7H,3,5H2. The van der Waals surface area contributed by atoms with E-state index in [2.05, 4.69) is 4.98 Å². The average Bonchev–Trinajstić information content (AvgIpc) is 2.88. The summed E-state index contributed by atoms with van der Waals surface area (Å²) < 4.78 is 41.3. The molecule has 1 unspecified atom stereocenters. The molecule has 1 aromatic heterocycles. The Balaban J connectivity index is 2.08. The second kappa shape index (κ2) is 3.24. The maximum atomic E-state index is 12.1. The van der Waals surface area contributed by atoms with Gasteiger partial charge in [-0.1, -0.05) is 6.07 Å². The second-order valence-electron chi connectivity index (χ2n) is 3.21. The van der Waals surface area contributed by atoms with E-state index in [9.17, 15) is 13.2 Å². The van der Waals surface area contributed by atoms with Gasteiger partial charge in [0.25, 0.3) is 0 Å². The Labute approximate surface area is 78.7 Å². The summed E-state index contributed by atoms with van der Waals surface area (Å²) in [6.45, 7) is 0.695. The van der Waals surface area contributed by atoms with E-state index < -0.39 is 11.9 Å². The lowest BCUT2D eigenvalue weighted by molar-refractivity contribution is -0.141. The van der Waals surface area contributed by atoms with Crippen LogP contribution in [0.5, 0.6) is 0 Å². The van der Waals surface area contributed by atoms with E-state index in [4.69, 9.17) is 4.74 Å². The van der Waals surface area contributed by atoms with Crippen LogP contribution in [0.15, 0.2) is 18.3 Å². The maximum Gasteiger partial charge on any atom is 0.433 e. The number of aromatic nitrogens is 1. The minimum Gasteiger partial charge on any atom is -0.373 e. The van der Waals surface area contributed by atoms with Crippen molar-refractivity contribution in [3.8, 4) is 0 Å². The van der Waals surface area contributed by atoms with Crippen molar-refractivity contribution in [2.75, 3.05) is 6.61 Å². The number of ether oxygens (including phenoxy) is 1. The fourth-order valence-corrected chi connectivity index (χ4v) is 1.16. The lowest BCUT2D eigenvalue weighted by Gasteiger charge is -2.05. The third-order valence-electron chi connectivity index (χ3n) is 1.98. The van der Waals surface area contributed by atoms with Gasteiger partial charge in [0.1, 0.15) is 5.69 Å². The van der Waals surface area contributed by atoms with E-state index in [0.717, 1.165) is 11.6 Å². The number of nitrogens with zero attached hydrogens (tertiary/aromatic N) is 1. The van der Waals surface area contributed by atoms with E-state index in [0.29, 0.717) is 13.0 Å². The summed E-state index contributed by atoms with van der Waals surface area (Å²) in [5.74, 6) is 0. The van der Waals surface area contributed by atoms with Crippen molar-refractivity contribution in [1.29, 1.82) is 0 Å². The molecule has 0 bridgehead atoms. The molecular formula is C9H8F3NO. The number of hydrogen-bond donors (Lipinski definition) is 0. The number of alkyl halides is 3. The second-order valence-corrected chi connectivity index (χ2v) is 3.21. The van der Waals surface area contributed by atoms with Gasteiger partial charge in [0.05, 0.1) is 12.7 Å². The molecule has 1 aliphatic rings. The lowest BCUT2D eigenvalue weighted by atomic mass is 10.1. The SMILES string of the molecule is FC(F)(F)c1ccc(CC2CO2)cn1. The molecule has 1 aliphatic heterocycles. The van der Waals surface area contributed by atoms with Gasteiger partial charge >= 0.3 is 6.18 Å². The average molecular weight is 203 g/mol. The highest BCUT2D eigenvalue weighted by molar-refractivity contribution is 5.17. The van der Waals surface area contributed by atoms with Crippen LogP contribution in [-0.2, 0) is 17.3 Å². The number of rotatable bonds is 2. The topological polar surface area (TPSA) is 25.4 Å². The fourth-order valence-electron chi connectivity index (χ4n) is 1.16. The monoisotopic (exact) mass is 203 g/mol. The third kappa shape index (κ3) is 2.23. The highest BCUT2D eigenvalue weighted by Crippen LogP contribution is 2.27. The lowest BCUT2D eigenvalue weighted by Crippen LogP contribution is -2.08. The molecule has 1 fully saturated rings. The van der Waals surface area contributed by atoms with Gasteiger partial charge in [-0.15, -0.1) is 0 Å². The van der Waals surface area contributed by atoms with Gasteiger partial charge in [0.2, 0.25) is 0 Å². The van der Waals surface area contributed by atoms with Crippen molar-refractivity contribution in [3.63, 3.8) is 0 Å². The van der Waals surface area contributed by atoms with Crippen LogP contribution in [0.4, 0.5) is 13.2 Å². The van der Waals surface area contributed by atoms with Crippen molar-refractivity contribution in [1.82, 2.24) is 4.98 Å². The number of halogens is 3. The zero-order valence-electron chi connectivity index (χ0n) is 7.21. The minimum atomic E-state index is -4.35. The van der Waals surface area contributed by atoms with E-state index >= 15 is 0 Å². The number of epoxide rings is 1. The van der Waals surface area contributed by atoms with Gasteiger partial charge in [-0.25, -0.2) is 0 Å². The van der Waals surface area contributed by atoms with Gasteiger partial charge in [0.15, 0.2) is 0 Å². The highest BCUT2D eigenvalue weighted by Gasteiger charge is 2.32. The first-order valence-electron chi connectivity index (χ1n) is 4.19. The number of hydrogen-bond acceptors (Lipinski definition) is 2. The van der Waals surface area contributed by atoms with Crippen LogP contribution in [0.3, 0.4) is 0 Å². The van der Waals surface area contributed by atoms with Gasteiger partial charge in [-0.2, -0.15) is 13.2 Å². The van der Waals surface area contributed by atoms with Gasteiger partial charge < -0.3 is 4.74 Å². The van der Waals surface area contributed by atoms with Crippen LogP contribution in [0.2, 0.25) is 0 Å². The summed E-state index contributed by atoms with van der Waals surface area (Å²) >= 11 is 0. The zero-order chi connectivity index (χ0) is 10.2. The first-order chi connectivity index (χ1) is 6.55. The van der Waals surface area contributed by atoms with E-state index in [1.54, 1.807) is 0 Å². The number of pyridine rings is 1. The summed E-state index contributed by atoms with van der Waals surface area (Å²) in [6, 6.07) is 2.44. The molecule has 1 saturated heterocycles. The fraction of sp³-hybridized carbons (Fsp3) is 0.444. The molecule has 1 aromatic rings. The summed E-state index contributed by atoms with van der Waals surface area (Å²) in [7, 11) is 0. The van der Waals surface area contributed by atoms with Crippen LogP contribution in [0, 0.1) is 0 Å². The van der Waals surface area contributed by atoms with Gasteiger partial charge in [-0.05, 0) is 11.6 Å². The predicted octanol–water partition coefficient (Wildman–Crippen LogP) is 2.04. The van der Waals surface area contributed by atoms with Crippen LogP contribution in [0.1, 0.15) is 11.3 Å². The molecule has 0 N–H and O–H groups in total. The van der Waals surface area contributed by atoms with Crippen molar-refractivity contribution in [2.24, 2.45) is 0 Å². The first-order valence-corrected chi connectivity index (χ1v) is 4.19. The molecule has 76 valence electrons. The van der Waals surface area contributed by atoms with Crippen molar-refractivity contribution >= 4 is 0 Å². The van der Waals surface area contributed by atoms with Crippen LogP contribution >= 0.6 is 0 Å². The minimum absolute atomic E-state index is 0.175. The molecular weight excluding hydrogens is 195 g/mol. The van der Waals surface area contributed by atoms with Crippen molar-refractivity contribution in [3.05, 3.63) is 29.6 Å². The normalized spacial score (nSPS) is 20.9. The summed E-state index contributed by atoms with van der Waals surface area (Å²) in [6.07, 6.45) is -2.28. The molecule has 0 spiro atoms. The van der Waals surface area contributed by atoms with E-state index in [1.165, 1.54) is 12.3 Å². The third-order valence-corrected chi connectivity index (χ3v) is 1.98. The molecule has 2 rings (SSSR count). The van der Waals surface area contributed by atoms with Gasteiger partial charge in [0, 0.05) is 12.6 Å². The quantitative estimate of drug-likeness (QED) is 0.687. The smallest absolute Gasteiger partial charge is 0.373 e. The van der Waals surface area contributed by atoms with Crippen molar-refractivity contribution in [2.45, 2.75) is 18.7 Å². The molecule has 5 heteroatoms. The summed E-state index contributed by atoms with van der Waals surface area (Å²) in [5, 5.41) is 0. The predicted molar refractivity (Wildman–Crippen MR) is 42.7 cm³/mol. The Morgan fingerprint density at radius 2 is 2.14 bits per heavy atom. The molecule has 2 nitrogen and oxygen atoms in total. The van der Waals surface area contributed by atoms with E-state index in [1.807, 2.05) is 0 Å². The first kappa shape index (κ1) is 9.45. The summed E-state index contributed by atoms with van der Waals surface area (Å²) in [4.78, 5) is 3.35. The molecule has 0 aromatic carbocycles. The molecule has 0 radical (unpaired) electrons. The van der Waals surface area contributed by atoms with Crippen LogP contribution < -0.4 is 0 Å². The van der Waals surface area contributed by atoms with Gasteiger partial charge in [-0.3, -0.25) is 4.98 Å². The Hall–Kier alpha value is -1.10. The largest absolute Gasteiger partial charge is 0.433 e. The van der Waals surface area contributed by atoms with E-state index in [-0.39, 0.29) is 6.10 Å². The summed E-state index contributed by atoms with van der Waals surface area (Å²) in [5.41, 5.74) is -0.0709. The van der Waals surface area contributed by atoms with Crippen LogP contribution in [-0.4, -0.2) is 17.7 Å². The Morgan fingerprint density at radius 3 is 2.57 bits per heavy atom. The Kier molecular flexibility index (Phi) is 2.19. The molecule has 1 atom stereocenters. The van der Waals surface area contributed by atoms with Crippen LogP contribution in [0.25, 0.3) is 0 Å². The molecule has 2 heterocycles. The molecule has 0 saturated carbocycles. The maximum absolute atomic E-state index is 12.1. The molecule has 0 aliphatic carbocycles. The zero-order valence-corrected chi connectivity index (χ0v) is 7.21. The Morgan fingerprint density at radius 1 is 1.43 bits per heavy atom. The highest BCUT2D eigenvalue weighted by atomic mass is 19.4. The Bertz CT molecular complexity index is 316. The molecule has 0 amide bonds.